The highest BCUT2D eigenvalue weighted by atomic mass is 31.2. The summed E-state index contributed by atoms with van der Waals surface area (Å²) in [7, 11) is -3.15. The van der Waals surface area contributed by atoms with Gasteiger partial charge in [0.25, 0.3) is 0 Å². The number of fused-ring (bicyclic) bond motifs is 3. The van der Waals surface area contributed by atoms with E-state index in [2.05, 4.69) is 96.4 Å². The number of imidazole rings is 1. The first-order chi connectivity index (χ1) is 20.2. The molecule has 0 fully saturated rings. The largest absolute Gasteiger partial charge is 0.308 e. The van der Waals surface area contributed by atoms with Crippen LogP contribution in [0.1, 0.15) is 12.7 Å². The smallest absolute Gasteiger partial charge is 0.175 e. The van der Waals surface area contributed by atoms with Crippen molar-refractivity contribution in [2.45, 2.75) is 13.3 Å². The van der Waals surface area contributed by atoms with Crippen LogP contribution in [0.2, 0.25) is 0 Å². The minimum Gasteiger partial charge on any atom is -0.308 e. The molecule has 41 heavy (non-hydrogen) atoms. The number of benzene rings is 6. The molecule has 3 nitrogen and oxygen atoms in total. The summed E-state index contributed by atoms with van der Waals surface area (Å²) >= 11 is 0. The van der Waals surface area contributed by atoms with E-state index < -0.39 is 7.14 Å². The third-order valence-electron chi connectivity index (χ3n) is 8.36. The summed E-state index contributed by atoms with van der Waals surface area (Å²) in [6, 6.07) is 46.1. The number of hydrogen-bond acceptors (Lipinski definition) is 2. The topological polar surface area (TPSA) is 34.9 Å². The first-order valence-corrected chi connectivity index (χ1v) is 15.8. The van der Waals surface area contributed by atoms with E-state index in [1.165, 1.54) is 21.9 Å². The minimum absolute atomic E-state index is 0.776. The molecule has 0 aliphatic carbocycles. The van der Waals surface area contributed by atoms with Crippen molar-refractivity contribution in [3.8, 4) is 27.9 Å². The summed E-state index contributed by atoms with van der Waals surface area (Å²) in [6.07, 6.45) is 0.776. The van der Waals surface area contributed by atoms with Crippen LogP contribution in [0, 0.1) is 0 Å². The summed E-state index contributed by atoms with van der Waals surface area (Å²) in [6.45, 7) is 2.14. The van der Waals surface area contributed by atoms with E-state index in [-0.39, 0.29) is 0 Å². The highest BCUT2D eigenvalue weighted by molar-refractivity contribution is 7.86. The predicted octanol–water partition coefficient (Wildman–Crippen LogP) is 8.03. The van der Waals surface area contributed by atoms with Crippen LogP contribution in [0.15, 0.2) is 133 Å². The standard InChI is InChI=1S/C37H27N2OP/c1-2-35-38-32-15-9-17-34-37(32)39(35)36-31(14-8-16-33(36)41(34,40)30-12-4-3-5-13-30)27-21-18-26(19-22-27)29-23-20-25-10-6-7-11-28(25)24-29/h3-24H,2H2,1H3. The zero-order valence-electron chi connectivity index (χ0n) is 22.7. The van der Waals surface area contributed by atoms with Gasteiger partial charge in [-0.05, 0) is 51.7 Å². The molecule has 0 saturated heterocycles. The fourth-order valence-corrected chi connectivity index (χ4v) is 9.43. The second kappa shape index (κ2) is 9.16. The molecule has 1 unspecified atom stereocenters. The van der Waals surface area contributed by atoms with Crippen molar-refractivity contribution in [2.75, 3.05) is 0 Å². The maximum Gasteiger partial charge on any atom is 0.175 e. The van der Waals surface area contributed by atoms with Crippen LogP contribution >= 0.6 is 7.14 Å². The number of nitrogens with zero attached hydrogens (tertiary/aromatic N) is 2. The lowest BCUT2D eigenvalue weighted by Gasteiger charge is -2.30. The normalized spacial score (nSPS) is 15.7. The third kappa shape index (κ3) is 3.53. The number of rotatable bonds is 4. The Bertz CT molecular complexity index is 2160. The van der Waals surface area contributed by atoms with Crippen molar-refractivity contribution in [1.82, 2.24) is 9.55 Å². The molecule has 4 heteroatoms. The van der Waals surface area contributed by atoms with Gasteiger partial charge >= 0.3 is 0 Å². The van der Waals surface area contributed by atoms with Gasteiger partial charge in [-0.2, -0.15) is 0 Å². The van der Waals surface area contributed by atoms with Crippen LogP contribution in [0.3, 0.4) is 0 Å². The van der Waals surface area contributed by atoms with Gasteiger partial charge in [0.2, 0.25) is 0 Å². The Morgan fingerprint density at radius 1 is 0.634 bits per heavy atom. The maximum atomic E-state index is 15.5. The number of aromatic nitrogens is 2. The lowest BCUT2D eigenvalue weighted by molar-refractivity contribution is 0.592. The zero-order chi connectivity index (χ0) is 27.6. The summed E-state index contributed by atoms with van der Waals surface area (Å²) in [5.74, 6) is 0.980. The molecule has 0 radical (unpaired) electrons. The quantitative estimate of drug-likeness (QED) is 0.210. The monoisotopic (exact) mass is 546 g/mol. The number of para-hydroxylation sites is 2. The number of aryl methyl sites for hydroxylation is 1. The Morgan fingerprint density at radius 3 is 2.12 bits per heavy atom. The summed E-state index contributed by atoms with van der Waals surface area (Å²) in [4.78, 5) is 5.02. The van der Waals surface area contributed by atoms with Crippen LogP contribution in [0.4, 0.5) is 0 Å². The Balaban J connectivity index is 1.36. The molecule has 0 spiro atoms. The molecular weight excluding hydrogens is 519 g/mol. The lowest BCUT2D eigenvalue weighted by atomic mass is 9.97. The molecule has 6 aromatic carbocycles. The second-order valence-corrected chi connectivity index (χ2v) is 13.3. The molecule has 0 amide bonds. The highest BCUT2D eigenvalue weighted by Gasteiger charge is 2.40. The van der Waals surface area contributed by atoms with Gasteiger partial charge in [-0.1, -0.05) is 116 Å². The van der Waals surface area contributed by atoms with E-state index in [4.69, 9.17) is 4.98 Å². The summed E-state index contributed by atoms with van der Waals surface area (Å²) < 4.78 is 17.7. The van der Waals surface area contributed by atoms with Crippen LogP contribution in [-0.4, -0.2) is 9.55 Å². The van der Waals surface area contributed by atoms with Gasteiger partial charge in [0.05, 0.1) is 16.7 Å². The molecule has 1 atom stereocenters. The van der Waals surface area contributed by atoms with Crippen LogP contribution in [-0.2, 0) is 11.0 Å². The van der Waals surface area contributed by atoms with Crippen molar-refractivity contribution in [3.63, 3.8) is 0 Å². The number of hydrogen-bond donors (Lipinski definition) is 0. The lowest BCUT2D eigenvalue weighted by Crippen LogP contribution is -2.33. The molecule has 1 aromatic heterocycles. The summed E-state index contributed by atoms with van der Waals surface area (Å²) in [5.41, 5.74) is 7.35. The average Bonchev–Trinajstić information content (AvgIpc) is 3.43. The molecule has 196 valence electrons. The van der Waals surface area contributed by atoms with E-state index in [0.717, 1.165) is 56.0 Å². The van der Waals surface area contributed by atoms with Gasteiger partial charge in [0, 0.05) is 27.9 Å². The van der Waals surface area contributed by atoms with Crippen LogP contribution < -0.4 is 15.9 Å². The van der Waals surface area contributed by atoms with E-state index in [1.807, 2.05) is 48.5 Å². The Hall–Kier alpha value is -4.72. The van der Waals surface area contributed by atoms with Gasteiger partial charge in [0.1, 0.15) is 5.82 Å². The molecule has 1 aliphatic rings. The van der Waals surface area contributed by atoms with Crippen LogP contribution in [0.5, 0.6) is 0 Å². The molecule has 0 saturated carbocycles. The summed E-state index contributed by atoms with van der Waals surface area (Å²) in [5, 5.41) is 5.06. The van der Waals surface area contributed by atoms with Gasteiger partial charge in [-0.3, -0.25) is 4.57 Å². The molecule has 0 bridgehead atoms. The Morgan fingerprint density at radius 2 is 1.32 bits per heavy atom. The molecule has 1 aliphatic heterocycles. The van der Waals surface area contributed by atoms with E-state index >= 15 is 4.57 Å². The van der Waals surface area contributed by atoms with Crippen molar-refractivity contribution in [3.05, 3.63) is 139 Å². The Labute approximate surface area is 239 Å². The SMILES string of the molecule is CCc1nc2cccc3c2n1-c1c(-c2ccc(-c4ccc5ccccc5c4)cc2)cccc1P3(=O)c1ccccc1. The van der Waals surface area contributed by atoms with Crippen molar-refractivity contribution in [2.24, 2.45) is 0 Å². The van der Waals surface area contributed by atoms with Crippen molar-refractivity contribution in [1.29, 1.82) is 0 Å². The average molecular weight is 547 g/mol. The molecule has 8 rings (SSSR count). The van der Waals surface area contributed by atoms with Crippen molar-refractivity contribution < 1.29 is 4.57 Å². The predicted molar refractivity (Wildman–Crippen MR) is 172 cm³/mol. The van der Waals surface area contributed by atoms with Gasteiger partial charge in [-0.15, -0.1) is 0 Å². The minimum atomic E-state index is -3.15. The third-order valence-corrected chi connectivity index (χ3v) is 11.5. The fraction of sp³-hybridized carbons (Fsp3) is 0.0541. The van der Waals surface area contributed by atoms with E-state index in [9.17, 15) is 0 Å². The molecule has 2 heterocycles. The Kier molecular flexibility index (Phi) is 5.39. The van der Waals surface area contributed by atoms with Crippen molar-refractivity contribution >= 4 is 44.9 Å². The fourth-order valence-electron chi connectivity index (χ4n) is 6.40. The first-order valence-electron chi connectivity index (χ1n) is 14.1. The van der Waals surface area contributed by atoms with E-state index in [1.54, 1.807) is 0 Å². The maximum absolute atomic E-state index is 15.5. The molecule has 7 aromatic rings. The van der Waals surface area contributed by atoms with Gasteiger partial charge in [-0.25, -0.2) is 4.98 Å². The molecular formula is C37H27N2OP. The van der Waals surface area contributed by atoms with E-state index in [0.29, 0.717) is 0 Å². The van der Waals surface area contributed by atoms with Gasteiger partial charge < -0.3 is 4.57 Å². The van der Waals surface area contributed by atoms with Gasteiger partial charge in [0.15, 0.2) is 7.14 Å². The molecule has 0 N–H and O–H groups in total. The second-order valence-electron chi connectivity index (χ2n) is 10.6. The zero-order valence-corrected chi connectivity index (χ0v) is 23.6. The first kappa shape index (κ1) is 24.1. The highest BCUT2D eigenvalue weighted by Crippen LogP contribution is 2.51. The van der Waals surface area contributed by atoms with Crippen LogP contribution in [0.25, 0.3) is 49.7 Å².